The summed E-state index contributed by atoms with van der Waals surface area (Å²) < 4.78 is 34.9. The van der Waals surface area contributed by atoms with Gasteiger partial charge in [-0.15, -0.1) is 0 Å². The summed E-state index contributed by atoms with van der Waals surface area (Å²) in [4.78, 5) is 0. The van der Waals surface area contributed by atoms with E-state index in [1.807, 2.05) is 0 Å². The van der Waals surface area contributed by atoms with E-state index in [1.165, 1.54) is 6.07 Å². The van der Waals surface area contributed by atoms with Crippen molar-refractivity contribution in [3.63, 3.8) is 0 Å². The van der Waals surface area contributed by atoms with Gasteiger partial charge < -0.3 is 0 Å². The molecule has 2 nitrogen and oxygen atoms in total. The number of hydrogen-bond acceptors (Lipinski definition) is 2. The Bertz CT molecular complexity index is 459. The van der Waals surface area contributed by atoms with Crippen LogP contribution < -0.4 is 0 Å². The van der Waals surface area contributed by atoms with E-state index in [-0.39, 0.29) is 10.2 Å². The van der Waals surface area contributed by atoms with Gasteiger partial charge in [-0.05, 0) is 40.0 Å². The highest BCUT2D eigenvalue weighted by molar-refractivity contribution is 9.10. The molecular formula is C8H7BrClFO2S. The van der Waals surface area contributed by atoms with Gasteiger partial charge in [0.05, 0.1) is 10.2 Å². The van der Waals surface area contributed by atoms with Gasteiger partial charge in [0.15, 0.2) is 0 Å². The number of hydrogen-bond donors (Lipinski definition) is 0. The van der Waals surface area contributed by atoms with Gasteiger partial charge in [-0.1, -0.05) is 6.07 Å². The van der Waals surface area contributed by atoms with E-state index in [0.29, 0.717) is 11.1 Å². The van der Waals surface area contributed by atoms with Crippen LogP contribution in [0.3, 0.4) is 0 Å². The van der Waals surface area contributed by atoms with Crippen LogP contribution in [0.4, 0.5) is 4.39 Å². The van der Waals surface area contributed by atoms with Crippen molar-refractivity contribution < 1.29 is 12.8 Å². The molecule has 1 rings (SSSR count). The maximum atomic E-state index is 13.1. The van der Waals surface area contributed by atoms with Gasteiger partial charge in [-0.25, -0.2) is 12.8 Å². The smallest absolute Gasteiger partial charge is 0.212 e. The standard InChI is InChI=1S/C8H7BrClFO2S/c1-5-2-6(4-14(10,12)13)8(9)7(11)3-5/h2-3H,4H2,1H3. The molecule has 0 aliphatic carbocycles. The molecule has 0 saturated heterocycles. The van der Waals surface area contributed by atoms with Gasteiger partial charge in [0.2, 0.25) is 9.05 Å². The molecule has 0 fully saturated rings. The third-order valence-corrected chi connectivity index (χ3v) is 3.45. The normalized spacial score (nSPS) is 11.7. The lowest BCUT2D eigenvalue weighted by Crippen LogP contribution is -1.98. The molecule has 1 aromatic rings. The zero-order valence-electron chi connectivity index (χ0n) is 7.22. The first kappa shape index (κ1) is 11.9. The Hall–Kier alpha value is -0.130. The van der Waals surface area contributed by atoms with Crippen LogP contribution in [-0.2, 0) is 14.8 Å². The Morgan fingerprint density at radius 3 is 2.57 bits per heavy atom. The summed E-state index contributed by atoms with van der Waals surface area (Å²) in [5.74, 6) is -0.867. The van der Waals surface area contributed by atoms with Gasteiger partial charge in [-0.3, -0.25) is 0 Å². The first-order valence-corrected chi connectivity index (χ1v) is 6.93. The van der Waals surface area contributed by atoms with E-state index in [9.17, 15) is 12.8 Å². The summed E-state index contributed by atoms with van der Waals surface area (Å²) >= 11 is 2.97. The summed E-state index contributed by atoms with van der Waals surface area (Å²) in [5, 5.41) is 0. The quantitative estimate of drug-likeness (QED) is 0.787. The molecule has 6 heteroatoms. The number of aryl methyl sites for hydroxylation is 1. The SMILES string of the molecule is Cc1cc(F)c(Br)c(CS(=O)(=O)Cl)c1. The fourth-order valence-electron chi connectivity index (χ4n) is 1.09. The fraction of sp³-hybridized carbons (Fsp3) is 0.250. The maximum absolute atomic E-state index is 13.1. The van der Waals surface area contributed by atoms with Gasteiger partial charge in [0, 0.05) is 10.7 Å². The van der Waals surface area contributed by atoms with Crippen LogP contribution in [0, 0.1) is 12.7 Å². The van der Waals surface area contributed by atoms with E-state index < -0.39 is 14.9 Å². The van der Waals surface area contributed by atoms with Crippen LogP contribution in [0.5, 0.6) is 0 Å². The van der Waals surface area contributed by atoms with Crippen molar-refractivity contribution in [2.24, 2.45) is 0 Å². The number of rotatable bonds is 2. The van der Waals surface area contributed by atoms with Crippen molar-refractivity contribution in [2.75, 3.05) is 0 Å². The average Bonchev–Trinajstić information content (AvgIpc) is 1.96. The molecule has 0 unspecified atom stereocenters. The summed E-state index contributed by atoms with van der Waals surface area (Å²) in [5.41, 5.74) is 0.985. The fourth-order valence-corrected chi connectivity index (χ4v) is 2.59. The van der Waals surface area contributed by atoms with Crippen molar-refractivity contribution in [2.45, 2.75) is 12.7 Å². The molecule has 14 heavy (non-hydrogen) atoms. The Kier molecular flexibility index (Phi) is 3.55. The average molecular weight is 302 g/mol. The largest absolute Gasteiger partial charge is 0.236 e. The van der Waals surface area contributed by atoms with Crippen LogP contribution in [0.2, 0.25) is 0 Å². The van der Waals surface area contributed by atoms with E-state index >= 15 is 0 Å². The Balaban J connectivity index is 3.22. The third-order valence-electron chi connectivity index (χ3n) is 1.58. The van der Waals surface area contributed by atoms with E-state index in [2.05, 4.69) is 15.9 Å². The molecular weight excluding hydrogens is 295 g/mol. The van der Waals surface area contributed by atoms with Crippen LogP contribution >= 0.6 is 26.6 Å². The molecule has 0 atom stereocenters. The van der Waals surface area contributed by atoms with Crippen LogP contribution in [-0.4, -0.2) is 8.42 Å². The number of halogens is 3. The molecule has 0 aromatic heterocycles. The second kappa shape index (κ2) is 4.16. The third kappa shape index (κ3) is 3.22. The zero-order valence-corrected chi connectivity index (χ0v) is 10.4. The highest BCUT2D eigenvalue weighted by atomic mass is 79.9. The second-order valence-corrected chi connectivity index (χ2v) is 6.47. The minimum atomic E-state index is -3.66. The van der Waals surface area contributed by atoms with Crippen LogP contribution in [0.15, 0.2) is 16.6 Å². The molecule has 78 valence electrons. The first-order chi connectivity index (χ1) is 6.29. The highest BCUT2D eigenvalue weighted by Gasteiger charge is 2.13. The molecule has 0 amide bonds. The van der Waals surface area contributed by atoms with Crippen molar-refractivity contribution in [3.8, 4) is 0 Å². The molecule has 0 bridgehead atoms. The number of benzene rings is 1. The van der Waals surface area contributed by atoms with Gasteiger partial charge in [-0.2, -0.15) is 0 Å². The van der Waals surface area contributed by atoms with E-state index in [4.69, 9.17) is 10.7 Å². The lowest BCUT2D eigenvalue weighted by atomic mass is 10.1. The monoisotopic (exact) mass is 300 g/mol. The van der Waals surface area contributed by atoms with Crippen molar-refractivity contribution in [1.82, 2.24) is 0 Å². The van der Waals surface area contributed by atoms with Crippen molar-refractivity contribution in [1.29, 1.82) is 0 Å². The lowest BCUT2D eigenvalue weighted by Gasteiger charge is -2.04. The van der Waals surface area contributed by atoms with Gasteiger partial charge in [0.25, 0.3) is 0 Å². The predicted octanol–water partition coefficient (Wildman–Crippen LogP) is 2.97. The maximum Gasteiger partial charge on any atom is 0.236 e. The second-order valence-electron chi connectivity index (χ2n) is 2.90. The Labute approximate surface area is 94.6 Å². The van der Waals surface area contributed by atoms with E-state index in [1.54, 1.807) is 13.0 Å². The van der Waals surface area contributed by atoms with Crippen LogP contribution in [0.1, 0.15) is 11.1 Å². The first-order valence-electron chi connectivity index (χ1n) is 3.66. The molecule has 0 spiro atoms. The Morgan fingerprint density at radius 2 is 2.07 bits per heavy atom. The van der Waals surface area contributed by atoms with Crippen LogP contribution in [0.25, 0.3) is 0 Å². The summed E-state index contributed by atoms with van der Waals surface area (Å²) in [6.07, 6.45) is 0. The summed E-state index contributed by atoms with van der Waals surface area (Å²) in [7, 11) is 1.42. The minimum absolute atomic E-state index is 0.146. The van der Waals surface area contributed by atoms with E-state index in [0.717, 1.165) is 0 Å². The topological polar surface area (TPSA) is 34.1 Å². The minimum Gasteiger partial charge on any atom is -0.212 e. The molecule has 0 saturated carbocycles. The molecule has 0 N–H and O–H groups in total. The molecule has 0 aliphatic rings. The lowest BCUT2D eigenvalue weighted by molar-refractivity contribution is 0.606. The Morgan fingerprint density at radius 1 is 1.50 bits per heavy atom. The van der Waals surface area contributed by atoms with Crippen molar-refractivity contribution in [3.05, 3.63) is 33.5 Å². The molecule has 0 radical (unpaired) electrons. The predicted molar refractivity (Wildman–Crippen MR) is 57.3 cm³/mol. The van der Waals surface area contributed by atoms with Gasteiger partial charge >= 0.3 is 0 Å². The summed E-state index contributed by atoms with van der Waals surface area (Å²) in [6, 6.07) is 2.89. The molecule has 0 aliphatic heterocycles. The van der Waals surface area contributed by atoms with Crippen molar-refractivity contribution >= 4 is 35.7 Å². The highest BCUT2D eigenvalue weighted by Crippen LogP contribution is 2.25. The zero-order chi connectivity index (χ0) is 10.9. The molecule has 0 heterocycles. The van der Waals surface area contributed by atoms with Gasteiger partial charge in [0.1, 0.15) is 5.82 Å². The molecule has 1 aromatic carbocycles. The summed E-state index contributed by atoms with van der Waals surface area (Å²) in [6.45, 7) is 1.68.